The zero-order valence-corrected chi connectivity index (χ0v) is 10.3. The molecular weight excluding hydrogens is 254 g/mol. The molecule has 2 rings (SSSR count). The number of anilines is 2. The largest absolute Gasteiger partial charge is 0.475 e. The lowest BCUT2D eigenvalue weighted by Gasteiger charge is -2.07. The average Bonchev–Trinajstić information content (AvgIpc) is 2.34. The molecule has 0 aliphatic carbocycles. The van der Waals surface area contributed by atoms with Crippen LogP contribution in [0.3, 0.4) is 0 Å². The van der Waals surface area contributed by atoms with E-state index in [-0.39, 0.29) is 5.82 Å². The molecule has 0 aliphatic heterocycles. The van der Waals surface area contributed by atoms with Crippen molar-refractivity contribution in [3.8, 4) is 0 Å². The highest BCUT2D eigenvalue weighted by Crippen LogP contribution is 2.22. The summed E-state index contributed by atoms with van der Waals surface area (Å²) in [7, 11) is 0. The van der Waals surface area contributed by atoms with Crippen molar-refractivity contribution in [1.29, 1.82) is 0 Å². The Hall–Kier alpha value is -2.14. The molecule has 0 saturated carbocycles. The number of aromatic nitrogens is 2. The van der Waals surface area contributed by atoms with Crippen LogP contribution in [-0.4, -0.2) is 21.0 Å². The van der Waals surface area contributed by atoms with Gasteiger partial charge in [0.15, 0.2) is 0 Å². The van der Waals surface area contributed by atoms with E-state index in [1.807, 2.05) is 19.1 Å². The first-order valence-corrected chi connectivity index (χ1v) is 5.53. The zero-order valence-electron chi connectivity index (χ0n) is 9.51. The van der Waals surface area contributed by atoms with Crippen molar-refractivity contribution in [3.05, 3.63) is 46.9 Å². The number of rotatable bonds is 3. The van der Waals surface area contributed by atoms with E-state index in [0.717, 1.165) is 11.3 Å². The lowest BCUT2D eigenvalue weighted by atomic mass is 10.2. The Labute approximate surface area is 108 Å². The summed E-state index contributed by atoms with van der Waals surface area (Å²) in [6, 6.07) is 7.04. The molecule has 92 valence electrons. The molecule has 0 spiro atoms. The minimum atomic E-state index is -1.17. The van der Waals surface area contributed by atoms with E-state index in [9.17, 15) is 4.79 Å². The lowest BCUT2D eigenvalue weighted by Crippen LogP contribution is -2.05. The second-order valence-electron chi connectivity index (χ2n) is 3.66. The summed E-state index contributed by atoms with van der Waals surface area (Å²) in [6.45, 7) is 1.90. The van der Waals surface area contributed by atoms with Crippen molar-refractivity contribution in [2.24, 2.45) is 0 Å². The number of halogens is 1. The van der Waals surface area contributed by atoms with Gasteiger partial charge in [0.05, 0.1) is 0 Å². The number of carbonyl (C=O) groups is 1. The maximum absolute atomic E-state index is 10.7. The topological polar surface area (TPSA) is 75.1 Å². The number of aromatic carboxylic acids is 1. The Morgan fingerprint density at radius 2 is 2.17 bits per heavy atom. The van der Waals surface area contributed by atoms with Crippen LogP contribution in [0.2, 0.25) is 5.02 Å². The van der Waals surface area contributed by atoms with Gasteiger partial charge >= 0.3 is 5.97 Å². The Kier molecular flexibility index (Phi) is 3.43. The van der Waals surface area contributed by atoms with Gasteiger partial charge in [-0.2, -0.15) is 0 Å². The molecule has 0 amide bonds. The summed E-state index contributed by atoms with van der Waals surface area (Å²) in [5.41, 5.74) is 1.71. The minimum Gasteiger partial charge on any atom is -0.475 e. The number of benzene rings is 1. The Bertz CT molecular complexity index is 602. The molecule has 0 bridgehead atoms. The third kappa shape index (κ3) is 2.75. The first kappa shape index (κ1) is 12.3. The van der Waals surface area contributed by atoms with E-state index >= 15 is 0 Å². The predicted molar refractivity (Wildman–Crippen MR) is 68.5 cm³/mol. The molecule has 1 heterocycles. The van der Waals surface area contributed by atoms with Crippen LogP contribution < -0.4 is 5.32 Å². The summed E-state index contributed by atoms with van der Waals surface area (Å²) in [6.07, 6.45) is 1.38. The Morgan fingerprint density at radius 1 is 1.39 bits per heavy atom. The van der Waals surface area contributed by atoms with Crippen molar-refractivity contribution < 1.29 is 9.90 Å². The number of carboxylic acids is 1. The van der Waals surface area contributed by atoms with Crippen LogP contribution >= 0.6 is 11.6 Å². The van der Waals surface area contributed by atoms with Gasteiger partial charge in [-0.25, -0.2) is 14.8 Å². The molecule has 0 saturated heterocycles. The number of nitrogens with zero attached hydrogens (tertiary/aromatic N) is 2. The normalized spacial score (nSPS) is 10.1. The lowest BCUT2D eigenvalue weighted by molar-refractivity contribution is 0.0683. The highest BCUT2D eigenvalue weighted by Gasteiger charge is 2.07. The molecule has 18 heavy (non-hydrogen) atoms. The van der Waals surface area contributed by atoms with Crippen LogP contribution in [-0.2, 0) is 0 Å². The average molecular weight is 264 g/mol. The van der Waals surface area contributed by atoms with Crippen molar-refractivity contribution >= 4 is 29.1 Å². The van der Waals surface area contributed by atoms with Crippen molar-refractivity contribution in [3.63, 3.8) is 0 Å². The molecule has 6 heteroatoms. The molecule has 0 radical (unpaired) electrons. The van der Waals surface area contributed by atoms with E-state index in [4.69, 9.17) is 16.7 Å². The fourth-order valence-electron chi connectivity index (χ4n) is 1.35. The molecule has 0 fully saturated rings. The third-order valence-electron chi connectivity index (χ3n) is 2.29. The molecule has 2 N–H and O–H groups in total. The number of aryl methyl sites for hydroxylation is 1. The van der Waals surface area contributed by atoms with Gasteiger partial charge in [-0.15, -0.1) is 0 Å². The van der Waals surface area contributed by atoms with Crippen molar-refractivity contribution in [1.82, 2.24) is 9.97 Å². The molecule has 0 unspecified atom stereocenters. The standard InChI is InChI=1S/C12H10ClN3O2/c1-7-2-3-8(6-9(7)13)15-10-4-5-14-11(16-10)12(17)18/h2-6H,1H3,(H,17,18)(H,14,15,16). The van der Waals surface area contributed by atoms with Crippen LogP contribution in [0.4, 0.5) is 11.5 Å². The second kappa shape index (κ2) is 5.01. The van der Waals surface area contributed by atoms with Crippen LogP contribution in [0.25, 0.3) is 0 Å². The van der Waals surface area contributed by atoms with Gasteiger partial charge in [0.1, 0.15) is 5.82 Å². The summed E-state index contributed by atoms with van der Waals surface area (Å²) in [5.74, 6) is -1.01. The zero-order chi connectivity index (χ0) is 13.1. The smallest absolute Gasteiger partial charge is 0.374 e. The van der Waals surface area contributed by atoms with Gasteiger partial charge < -0.3 is 10.4 Å². The number of nitrogens with one attached hydrogen (secondary N) is 1. The second-order valence-corrected chi connectivity index (χ2v) is 4.07. The Morgan fingerprint density at radius 3 is 2.83 bits per heavy atom. The van der Waals surface area contributed by atoms with Gasteiger partial charge in [-0.3, -0.25) is 0 Å². The summed E-state index contributed by atoms with van der Waals surface area (Å²) >= 11 is 5.99. The van der Waals surface area contributed by atoms with Gasteiger partial charge in [-0.05, 0) is 30.7 Å². The summed E-state index contributed by atoms with van der Waals surface area (Å²) in [4.78, 5) is 18.2. The summed E-state index contributed by atoms with van der Waals surface area (Å²) < 4.78 is 0. The molecular formula is C12H10ClN3O2. The maximum Gasteiger partial charge on any atom is 0.374 e. The monoisotopic (exact) mass is 263 g/mol. The predicted octanol–water partition coefficient (Wildman–Crippen LogP) is 2.88. The van der Waals surface area contributed by atoms with Crippen LogP contribution in [0.5, 0.6) is 0 Å². The first-order chi connectivity index (χ1) is 8.56. The Balaban J connectivity index is 2.25. The molecule has 1 aromatic carbocycles. The fraction of sp³-hybridized carbons (Fsp3) is 0.0833. The highest BCUT2D eigenvalue weighted by atomic mass is 35.5. The molecule has 0 atom stereocenters. The molecule has 1 aromatic heterocycles. The SMILES string of the molecule is Cc1ccc(Nc2ccnc(C(=O)O)n2)cc1Cl. The fourth-order valence-corrected chi connectivity index (χ4v) is 1.53. The maximum atomic E-state index is 10.7. The quantitative estimate of drug-likeness (QED) is 0.891. The molecule has 2 aromatic rings. The minimum absolute atomic E-state index is 0.252. The van der Waals surface area contributed by atoms with Gasteiger partial charge in [0.2, 0.25) is 5.82 Å². The summed E-state index contributed by atoms with van der Waals surface area (Å²) in [5, 5.41) is 12.4. The highest BCUT2D eigenvalue weighted by molar-refractivity contribution is 6.31. The first-order valence-electron chi connectivity index (χ1n) is 5.16. The van der Waals surface area contributed by atoms with Gasteiger partial charge in [0.25, 0.3) is 0 Å². The van der Waals surface area contributed by atoms with E-state index in [0.29, 0.717) is 10.8 Å². The van der Waals surface area contributed by atoms with Crippen molar-refractivity contribution in [2.45, 2.75) is 6.92 Å². The molecule has 0 aliphatic rings. The van der Waals surface area contributed by atoms with Crippen molar-refractivity contribution in [2.75, 3.05) is 5.32 Å². The van der Waals surface area contributed by atoms with Crippen LogP contribution in [0.15, 0.2) is 30.5 Å². The van der Waals surface area contributed by atoms with Gasteiger partial charge in [-0.1, -0.05) is 17.7 Å². The van der Waals surface area contributed by atoms with E-state index in [2.05, 4.69) is 15.3 Å². The number of hydrogen-bond donors (Lipinski definition) is 2. The van der Waals surface area contributed by atoms with E-state index in [1.54, 1.807) is 12.1 Å². The van der Waals surface area contributed by atoms with E-state index in [1.165, 1.54) is 6.20 Å². The van der Waals surface area contributed by atoms with E-state index < -0.39 is 5.97 Å². The van der Waals surface area contributed by atoms with Crippen LogP contribution in [0.1, 0.15) is 16.2 Å². The number of hydrogen-bond acceptors (Lipinski definition) is 4. The number of carboxylic acid groups (broad SMARTS) is 1. The van der Waals surface area contributed by atoms with Gasteiger partial charge in [0, 0.05) is 16.9 Å². The van der Waals surface area contributed by atoms with Crippen LogP contribution in [0, 0.1) is 6.92 Å². The third-order valence-corrected chi connectivity index (χ3v) is 2.70. The molecule has 5 nitrogen and oxygen atoms in total.